The lowest BCUT2D eigenvalue weighted by atomic mass is 9.91. The van der Waals surface area contributed by atoms with E-state index in [-0.39, 0.29) is 22.7 Å². The van der Waals surface area contributed by atoms with Gasteiger partial charge in [0.1, 0.15) is 17.6 Å². The third kappa shape index (κ3) is 5.57. The Kier molecular flexibility index (Phi) is 7.48. The highest BCUT2D eigenvalue weighted by Gasteiger charge is 2.27. The number of hydrogen-bond donors (Lipinski definition) is 2. The van der Waals surface area contributed by atoms with E-state index in [0.29, 0.717) is 23.1 Å². The molecule has 1 saturated heterocycles. The number of nitro groups is 1. The van der Waals surface area contributed by atoms with Gasteiger partial charge in [0.2, 0.25) is 0 Å². The van der Waals surface area contributed by atoms with Crippen molar-refractivity contribution in [3.63, 3.8) is 0 Å². The van der Waals surface area contributed by atoms with Gasteiger partial charge in [-0.2, -0.15) is 5.26 Å². The maximum absolute atomic E-state index is 11.9. The molecule has 2 aromatic rings. The standard InChI is InChI=1S/C25H33N7O2/c1-30(2)22-11-14-31(15-12-22)23-10-9-21(16-24(23)32(33)34)28-19-5-7-20(8-6-19)29-25-18(17-26)4-3-13-27-25/h3-4,9-10,13,16,19-20,22,28H,5-8,11-12,14-15H2,1-2H3,(H,27,29). The Labute approximate surface area is 200 Å². The van der Waals surface area contributed by atoms with E-state index in [4.69, 9.17) is 0 Å². The molecule has 180 valence electrons. The molecule has 34 heavy (non-hydrogen) atoms. The molecule has 2 fully saturated rings. The van der Waals surface area contributed by atoms with Gasteiger partial charge in [-0.25, -0.2) is 4.98 Å². The van der Waals surface area contributed by atoms with Crippen molar-refractivity contribution in [3.05, 3.63) is 52.2 Å². The van der Waals surface area contributed by atoms with Crippen LogP contribution in [0.25, 0.3) is 0 Å². The van der Waals surface area contributed by atoms with E-state index in [0.717, 1.165) is 57.3 Å². The van der Waals surface area contributed by atoms with Crippen LogP contribution in [0.15, 0.2) is 36.5 Å². The van der Waals surface area contributed by atoms with Gasteiger partial charge in [0.15, 0.2) is 0 Å². The highest BCUT2D eigenvalue weighted by atomic mass is 16.6. The zero-order valence-corrected chi connectivity index (χ0v) is 19.9. The Bertz CT molecular complexity index is 1040. The number of aromatic nitrogens is 1. The molecule has 9 heteroatoms. The molecule has 0 radical (unpaired) electrons. The average molecular weight is 464 g/mol. The van der Waals surface area contributed by atoms with Crippen LogP contribution in [0.3, 0.4) is 0 Å². The second kappa shape index (κ2) is 10.7. The summed E-state index contributed by atoms with van der Waals surface area (Å²) >= 11 is 0. The first-order valence-corrected chi connectivity index (χ1v) is 12.0. The maximum atomic E-state index is 11.9. The summed E-state index contributed by atoms with van der Waals surface area (Å²) in [5.41, 5.74) is 2.24. The van der Waals surface area contributed by atoms with E-state index < -0.39 is 0 Å². The summed E-state index contributed by atoms with van der Waals surface area (Å²) in [5, 5.41) is 28.0. The lowest BCUT2D eigenvalue weighted by Crippen LogP contribution is -2.42. The fourth-order valence-corrected chi connectivity index (χ4v) is 5.07. The van der Waals surface area contributed by atoms with Crippen molar-refractivity contribution in [3.8, 4) is 6.07 Å². The summed E-state index contributed by atoms with van der Waals surface area (Å²) in [7, 11) is 4.18. The van der Waals surface area contributed by atoms with E-state index in [1.54, 1.807) is 24.4 Å². The van der Waals surface area contributed by atoms with Crippen molar-refractivity contribution in [1.82, 2.24) is 9.88 Å². The quantitative estimate of drug-likeness (QED) is 0.464. The smallest absolute Gasteiger partial charge is 0.294 e. The summed E-state index contributed by atoms with van der Waals surface area (Å²) in [5.74, 6) is 0.641. The van der Waals surface area contributed by atoms with Gasteiger partial charge in [0, 0.05) is 49.2 Å². The van der Waals surface area contributed by atoms with Gasteiger partial charge in [0.05, 0.1) is 10.5 Å². The van der Waals surface area contributed by atoms with Crippen LogP contribution < -0.4 is 15.5 Å². The Balaban J connectivity index is 1.35. The molecule has 1 aromatic carbocycles. The van der Waals surface area contributed by atoms with Crippen molar-refractivity contribution < 1.29 is 4.92 Å². The molecule has 0 unspecified atom stereocenters. The molecule has 1 aromatic heterocycles. The molecular weight excluding hydrogens is 430 g/mol. The van der Waals surface area contributed by atoms with E-state index in [1.165, 1.54) is 0 Å². The topological polar surface area (TPSA) is 110 Å². The number of anilines is 3. The van der Waals surface area contributed by atoms with Gasteiger partial charge in [-0.1, -0.05) is 0 Å². The Morgan fingerprint density at radius 3 is 2.38 bits per heavy atom. The first-order chi connectivity index (χ1) is 16.4. The lowest BCUT2D eigenvalue weighted by molar-refractivity contribution is -0.384. The van der Waals surface area contributed by atoms with Gasteiger partial charge in [-0.3, -0.25) is 10.1 Å². The number of nitrogens with zero attached hydrogens (tertiary/aromatic N) is 5. The van der Waals surface area contributed by atoms with Gasteiger partial charge in [-0.15, -0.1) is 0 Å². The van der Waals surface area contributed by atoms with Crippen molar-refractivity contribution in [2.24, 2.45) is 0 Å². The summed E-state index contributed by atoms with van der Waals surface area (Å²) < 4.78 is 0. The minimum Gasteiger partial charge on any atom is -0.382 e. The normalized spacial score (nSPS) is 21.2. The van der Waals surface area contributed by atoms with Crippen molar-refractivity contribution in [2.75, 3.05) is 42.7 Å². The molecule has 2 heterocycles. The largest absolute Gasteiger partial charge is 0.382 e. The van der Waals surface area contributed by atoms with Crippen LogP contribution >= 0.6 is 0 Å². The minimum atomic E-state index is -0.265. The minimum absolute atomic E-state index is 0.169. The first-order valence-electron chi connectivity index (χ1n) is 12.0. The second-order valence-electron chi connectivity index (χ2n) is 9.49. The van der Waals surface area contributed by atoms with Crippen molar-refractivity contribution >= 4 is 22.9 Å². The van der Waals surface area contributed by atoms with Crippen LogP contribution in [-0.4, -0.2) is 60.1 Å². The van der Waals surface area contributed by atoms with Gasteiger partial charge in [0.25, 0.3) is 5.69 Å². The number of piperidine rings is 1. The zero-order chi connectivity index (χ0) is 24.1. The van der Waals surface area contributed by atoms with Crippen molar-refractivity contribution in [2.45, 2.75) is 56.7 Å². The summed E-state index contributed by atoms with van der Waals surface area (Å²) in [6, 6.07) is 12.3. The predicted molar refractivity (Wildman–Crippen MR) is 134 cm³/mol. The van der Waals surface area contributed by atoms with Crippen LogP contribution in [0.5, 0.6) is 0 Å². The molecule has 0 amide bonds. The molecule has 1 saturated carbocycles. The molecule has 2 N–H and O–H groups in total. The molecule has 0 atom stereocenters. The monoisotopic (exact) mass is 463 g/mol. The fourth-order valence-electron chi connectivity index (χ4n) is 5.07. The van der Waals surface area contributed by atoms with Crippen molar-refractivity contribution in [1.29, 1.82) is 5.26 Å². The number of nitriles is 1. The Hall–Kier alpha value is -3.38. The molecule has 1 aliphatic heterocycles. The Morgan fingerprint density at radius 1 is 1.09 bits per heavy atom. The molecule has 0 bridgehead atoms. The van der Waals surface area contributed by atoms with Gasteiger partial charge >= 0.3 is 0 Å². The molecule has 4 rings (SSSR count). The van der Waals surface area contributed by atoms with E-state index in [2.05, 4.69) is 45.6 Å². The molecule has 2 aliphatic rings. The summed E-state index contributed by atoms with van der Waals surface area (Å²) in [6.45, 7) is 1.66. The number of pyridine rings is 1. The van der Waals surface area contributed by atoms with E-state index in [9.17, 15) is 15.4 Å². The SMILES string of the molecule is CN(C)C1CCN(c2ccc(NC3CCC(Nc4ncccc4C#N)CC3)cc2[N+](=O)[O-])CC1. The third-order valence-electron chi connectivity index (χ3n) is 7.07. The zero-order valence-electron chi connectivity index (χ0n) is 19.9. The fraction of sp³-hybridized carbons (Fsp3) is 0.520. The third-order valence-corrected chi connectivity index (χ3v) is 7.07. The lowest BCUT2D eigenvalue weighted by Gasteiger charge is -2.36. The summed E-state index contributed by atoms with van der Waals surface area (Å²) in [4.78, 5) is 20.3. The van der Waals surface area contributed by atoms with Gasteiger partial charge in [-0.05, 0) is 76.9 Å². The average Bonchev–Trinajstić information content (AvgIpc) is 2.85. The van der Waals surface area contributed by atoms with E-state index in [1.807, 2.05) is 12.1 Å². The second-order valence-corrected chi connectivity index (χ2v) is 9.49. The van der Waals surface area contributed by atoms with Crippen LogP contribution in [0.4, 0.5) is 22.9 Å². The van der Waals surface area contributed by atoms with E-state index >= 15 is 0 Å². The van der Waals surface area contributed by atoms with Crippen LogP contribution in [0.2, 0.25) is 0 Å². The number of hydrogen-bond acceptors (Lipinski definition) is 8. The van der Waals surface area contributed by atoms with Crippen LogP contribution in [-0.2, 0) is 0 Å². The number of benzene rings is 1. The highest BCUT2D eigenvalue weighted by molar-refractivity contribution is 5.69. The summed E-state index contributed by atoms with van der Waals surface area (Å²) in [6.07, 6.45) is 7.49. The molecule has 1 aliphatic carbocycles. The molecule has 0 spiro atoms. The van der Waals surface area contributed by atoms with Gasteiger partial charge < -0.3 is 20.4 Å². The number of rotatable bonds is 7. The molecular formula is C25H33N7O2. The number of nitrogens with one attached hydrogen (secondary N) is 2. The molecule has 9 nitrogen and oxygen atoms in total. The van der Waals surface area contributed by atoms with Crippen LogP contribution in [0.1, 0.15) is 44.1 Å². The Morgan fingerprint density at radius 2 is 1.76 bits per heavy atom. The van der Waals surface area contributed by atoms with Crippen LogP contribution in [0, 0.1) is 21.4 Å². The first kappa shape index (κ1) is 23.8. The maximum Gasteiger partial charge on any atom is 0.294 e. The predicted octanol–water partition coefficient (Wildman–Crippen LogP) is 4.23. The highest BCUT2D eigenvalue weighted by Crippen LogP contribution is 2.34. The number of nitro benzene ring substituents is 1.